The molecule has 0 radical (unpaired) electrons. The number of hydroxylamine groups is 4. The topological polar surface area (TPSA) is 15.7 Å². The normalized spacial score (nSPS) is 11.7. The van der Waals surface area contributed by atoms with Crippen molar-refractivity contribution >= 4 is 0 Å². The second-order valence-corrected chi connectivity index (χ2v) is 6.06. The quantitative estimate of drug-likeness (QED) is 0.280. The van der Waals surface area contributed by atoms with E-state index in [9.17, 15) is 0 Å². The Kier molecular flexibility index (Phi) is 16.2. The van der Waals surface area contributed by atoms with Crippen LogP contribution in [-0.2, 0) is 4.94 Å². The zero-order chi connectivity index (χ0) is 15.8. The summed E-state index contributed by atoms with van der Waals surface area (Å²) in [5.41, 5.74) is 0. The molecule has 0 unspecified atom stereocenters. The minimum absolute atomic E-state index is 1.04. The summed E-state index contributed by atoms with van der Waals surface area (Å²) in [4.78, 5) is 6.16. The van der Waals surface area contributed by atoms with Crippen molar-refractivity contribution in [1.29, 1.82) is 0 Å². The Labute approximate surface area is 133 Å². The third-order valence-electron chi connectivity index (χ3n) is 3.70. The van der Waals surface area contributed by atoms with E-state index < -0.39 is 0 Å². The molecule has 3 nitrogen and oxygen atoms in total. The summed E-state index contributed by atoms with van der Waals surface area (Å²) in [6.07, 6.45) is 12.8. The van der Waals surface area contributed by atoms with Gasteiger partial charge in [-0.2, -0.15) is 10.1 Å². The van der Waals surface area contributed by atoms with E-state index >= 15 is 0 Å². The fourth-order valence-electron chi connectivity index (χ4n) is 2.48. The molecule has 3 heteroatoms. The summed E-state index contributed by atoms with van der Waals surface area (Å²) in [7, 11) is 0. The Morgan fingerprint density at radius 1 is 0.476 bits per heavy atom. The lowest BCUT2D eigenvalue weighted by Gasteiger charge is -2.29. The molecule has 0 aromatic rings. The summed E-state index contributed by atoms with van der Waals surface area (Å²) in [5.74, 6) is 0. The second-order valence-electron chi connectivity index (χ2n) is 6.06. The smallest absolute Gasteiger partial charge is 0.0259 e. The van der Waals surface area contributed by atoms with Gasteiger partial charge in [-0.1, -0.05) is 66.2 Å². The van der Waals surface area contributed by atoms with Gasteiger partial charge in [-0.3, -0.25) is 0 Å². The molecule has 0 bridgehead atoms. The summed E-state index contributed by atoms with van der Waals surface area (Å²) in [6.45, 7) is 13.2. The predicted octanol–water partition coefficient (Wildman–Crippen LogP) is 5.42. The van der Waals surface area contributed by atoms with Gasteiger partial charge in [-0.15, -0.1) is 0 Å². The highest BCUT2D eigenvalue weighted by molar-refractivity contribution is 4.51. The number of unbranched alkanes of at least 4 members (excludes halogenated alkanes) is 6. The van der Waals surface area contributed by atoms with Crippen LogP contribution in [0.15, 0.2) is 0 Å². The largest absolute Gasteiger partial charge is 0.208 e. The first-order valence-corrected chi connectivity index (χ1v) is 9.46. The van der Waals surface area contributed by atoms with Crippen LogP contribution in [0.1, 0.15) is 91.9 Å². The van der Waals surface area contributed by atoms with Gasteiger partial charge in [-0.25, -0.2) is 4.94 Å². The zero-order valence-electron chi connectivity index (χ0n) is 15.2. The van der Waals surface area contributed by atoms with Crippen LogP contribution in [-0.4, -0.2) is 36.3 Å². The molecule has 128 valence electrons. The molecule has 0 saturated heterocycles. The molecule has 0 fully saturated rings. The molecule has 0 aromatic heterocycles. The number of hydrogen-bond donors (Lipinski definition) is 0. The molecule has 0 saturated carbocycles. The lowest BCUT2D eigenvalue weighted by Crippen LogP contribution is -2.37. The minimum Gasteiger partial charge on any atom is -0.208 e. The lowest BCUT2D eigenvalue weighted by molar-refractivity contribution is -0.326. The average molecular weight is 301 g/mol. The molecule has 0 spiro atoms. The van der Waals surface area contributed by atoms with Gasteiger partial charge >= 0.3 is 0 Å². The van der Waals surface area contributed by atoms with Gasteiger partial charge in [0.05, 0.1) is 0 Å². The van der Waals surface area contributed by atoms with Crippen LogP contribution < -0.4 is 0 Å². The molecule has 0 rings (SSSR count). The van der Waals surface area contributed by atoms with Gasteiger partial charge in [0.25, 0.3) is 0 Å². The Hall–Kier alpha value is -0.120. The molecule has 21 heavy (non-hydrogen) atoms. The van der Waals surface area contributed by atoms with Crippen molar-refractivity contribution in [3.63, 3.8) is 0 Å². The van der Waals surface area contributed by atoms with Crippen LogP contribution in [0.3, 0.4) is 0 Å². The van der Waals surface area contributed by atoms with Crippen LogP contribution >= 0.6 is 0 Å². The molecule has 0 amide bonds. The average Bonchev–Trinajstić information content (AvgIpc) is 2.48. The standard InChI is InChI=1S/C18H40N2O/c1-5-9-11-13-17-19(15-7-3)21-20(16-8-4)18-14-12-10-6-2/h5-18H2,1-4H3. The Balaban J connectivity index is 4.04. The van der Waals surface area contributed by atoms with Crippen LogP contribution in [0.2, 0.25) is 0 Å². The van der Waals surface area contributed by atoms with Crippen LogP contribution in [0.5, 0.6) is 0 Å². The third kappa shape index (κ3) is 13.3. The van der Waals surface area contributed by atoms with Gasteiger partial charge < -0.3 is 0 Å². The van der Waals surface area contributed by atoms with Crippen LogP contribution in [0.4, 0.5) is 0 Å². The molecular weight excluding hydrogens is 260 g/mol. The van der Waals surface area contributed by atoms with Gasteiger partial charge in [0.2, 0.25) is 0 Å². The number of hydrogen-bond acceptors (Lipinski definition) is 3. The molecule has 0 aliphatic rings. The third-order valence-corrected chi connectivity index (χ3v) is 3.70. The molecule has 0 aliphatic carbocycles. The SMILES string of the molecule is CCCCCCN(CCC)ON(CCC)CCCCCC. The van der Waals surface area contributed by atoms with Crippen molar-refractivity contribution in [3.05, 3.63) is 0 Å². The maximum atomic E-state index is 6.16. The highest BCUT2D eigenvalue weighted by Crippen LogP contribution is 2.08. The highest BCUT2D eigenvalue weighted by Gasteiger charge is 2.11. The first-order chi connectivity index (χ1) is 10.3. The summed E-state index contributed by atoms with van der Waals surface area (Å²) < 4.78 is 0. The van der Waals surface area contributed by atoms with E-state index in [1.807, 2.05) is 0 Å². The molecule has 0 aromatic carbocycles. The molecular formula is C18H40N2O. The molecule has 0 heterocycles. The Morgan fingerprint density at radius 3 is 1.24 bits per heavy atom. The Morgan fingerprint density at radius 2 is 0.905 bits per heavy atom. The van der Waals surface area contributed by atoms with E-state index in [0.29, 0.717) is 0 Å². The maximum Gasteiger partial charge on any atom is 0.0259 e. The van der Waals surface area contributed by atoms with Crippen molar-refractivity contribution in [1.82, 2.24) is 10.1 Å². The van der Waals surface area contributed by atoms with E-state index in [-0.39, 0.29) is 0 Å². The van der Waals surface area contributed by atoms with E-state index in [1.54, 1.807) is 0 Å². The van der Waals surface area contributed by atoms with Gasteiger partial charge in [-0.05, 0) is 25.7 Å². The summed E-state index contributed by atoms with van der Waals surface area (Å²) in [6, 6.07) is 0. The minimum atomic E-state index is 1.04. The van der Waals surface area contributed by atoms with E-state index in [4.69, 9.17) is 4.94 Å². The van der Waals surface area contributed by atoms with Gasteiger partial charge in [0, 0.05) is 26.2 Å². The molecule has 0 aliphatic heterocycles. The van der Waals surface area contributed by atoms with E-state index in [0.717, 1.165) is 39.0 Å². The molecule has 0 atom stereocenters. The summed E-state index contributed by atoms with van der Waals surface area (Å²) in [5, 5.41) is 4.37. The fraction of sp³-hybridized carbons (Fsp3) is 1.00. The van der Waals surface area contributed by atoms with Crippen LogP contribution in [0.25, 0.3) is 0 Å². The first kappa shape index (κ1) is 20.9. The molecule has 0 N–H and O–H groups in total. The Bertz CT molecular complexity index is 180. The van der Waals surface area contributed by atoms with Gasteiger partial charge in [0.15, 0.2) is 0 Å². The van der Waals surface area contributed by atoms with Crippen LogP contribution in [0, 0.1) is 0 Å². The van der Waals surface area contributed by atoms with E-state index in [2.05, 4.69) is 37.8 Å². The van der Waals surface area contributed by atoms with Crippen molar-refractivity contribution < 1.29 is 4.94 Å². The van der Waals surface area contributed by atoms with Crippen molar-refractivity contribution in [2.75, 3.05) is 26.2 Å². The number of rotatable bonds is 16. The van der Waals surface area contributed by atoms with E-state index in [1.165, 1.54) is 51.4 Å². The van der Waals surface area contributed by atoms with Crippen molar-refractivity contribution in [2.45, 2.75) is 91.9 Å². The lowest BCUT2D eigenvalue weighted by atomic mass is 10.2. The fourth-order valence-corrected chi connectivity index (χ4v) is 2.48. The summed E-state index contributed by atoms with van der Waals surface area (Å²) >= 11 is 0. The van der Waals surface area contributed by atoms with Gasteiger partial charge in [0.1, 0.15) is 0 Å². The highest BCUT2D eigenvalue weighted by atomic mass is 16.8. The maximum absolute atomic E-state index is 6.16. The van der Waals surface area contributed by atoms with Crippen molar-refractivity contribution in [2.24, 2.45) is 0 Å². The predicted molar refractivity (Wildman–Crippen MR) is 93.1 cm³/mol. The number of nitrogens with zero attached hydrogens (tertiary/aromatic N) is 2. The van der Waals surface area contributed by atoms with Crippen molar-refractivity contribution in [3.8, 4) is 0 Å². The second kappa shape index (κ2) is 16.3. The monoisotopic (exact) mass is 300 g/mol. The first-order valence-electron chi connectivity index (χ1n) is 9.46. The zero-order valence-corrected chi connectivity index (χ0v) is 15.2.